The molecule has 0 unspecified atom stereocenters. The Hall–Kier alpha value is -0.570. The maximum absolute atomic E-state index is 10.3. The predicted octanol–water partition coefficient (Wildman–Crippen LogP) is 0.122. The Morgan fingerprint density at radius 3 is 2.20 bits per heavy atom. The quantitative estimate of drug-likeness (QED) is 0.507. The Balaban J connectivity index is 0.000000236. The highest BCUT2D eigenvalue weighted by molar-refractivity contribution is 5.78. The van der Waals surface area contributed by atoms with Gasteiger partial charge >= 0.3 is 0 Å². The first-order valence-corrected chi connectivity index (χ1v) is 3.78. The van der Waals surface area contributed by atoms with Gasteiger partial charge in [-0.15, -0.1) is 0 Å². The number of hydrogen-bond acceptors (Lipinski definition) is 2. The molecule has 2 N–H and O–H groups in total. The number of carbonyl (C=O) groups excluding carboxylic acids is 1. The molecular weight excluding hydrogens is 128 g/mol. The molecule has 10 heavy (non-hydrogen) atoms. The molecule has 0 bridgehead atoms. The summed E-state index contributed by atoms with van der Waals surface area (Å²) < 4.78 is 0. The standard InChI is InChI=1S/C4H8N2O.C3H8/c7-4-3-5-1-2-6-4;1-3-2/h5H,1-3H2,(H,6,7);3H2,1-2H3. The molecule has 3 nitrogen and oxygen atoms in total. The first-order valence-electron chi connectivity index (χ1n) is 3.78. The van der Waals surface area contributed by atoms with E-state index in [-0.39, 0.29) is 5.91 Å². The minimum atomic E-state index is 0.103. The predicted molar refractivity (Wildman–Crippen MR) is 41.8 cm³/mol. The topological polar surface area (TPSA) is 41.1 Å². The van der Waals surface area contributed by atoms with Crippen LogP contribution < -0.4 is 10.6 Å². The minimum Gasteiger partial charge on any atom is -0.354 e. The van der Waals surface area contributed by atoms with Gasteiger partial charge in [0.25, 0.3) is 0 Å². The summed E-state index contributed by atoms with van der Waals surface area (Å²) in [5.74, 6) is 0.103. The lowest BCUT2D eigenvalue weighted by Gasteiger charge is -2.11. The first kappa shape index (κ1) is 9.43. The molecule has 0 radical (unpaired) electrons. The van der Waals surface area contributed by atoms with Gasteiger partial charge < -0.3 is 10.6 Å². The fourth-order valence-corrected chi connectivity index (χ4v) is 0.555. The van der Waals surface area contributed by atoms with Crippen molar-refractivity contribution in [3.8, 4) is 0 Å². The Bertz CT molecular complexity index is 85.6. The van der Waals surface area contributed by atoms with Crippen molar-refractivity contribution in [2.24, 2.45) is 0 Å². The molecule has 1 aliphatic rings. The normalized spacial score (nSPS) is 16.8. The molecule has 0 saturated carbocycles. The summed E-state index contributed by atoms with van der Waals surface area (Å²) in [6, 6.07) is 0. The molecule has 0 aromatic carbocycles. The molecule has 1 amide bonds. The van der Waals surface area contributed by atoms with Gasteiger partial charge in [0.1, 0.15) is 0 Å². The lowest BCUT2D eigenvalue weighted by Crippen LogP contribution is -2.44. The molecule has 60 valence electrons. The summed E-state index contributed by atoms with van der Waals surface area (Å²) in [6.07, 6.45) is 1.25. The van der Waals surface area contributed by atoms with Crippen LogP contribution in [0.2, 0.25) is 0 Å². The SMILES string of the molecule is CCC.O=C1CNCCN1. The van der Waals surface area contributed by atoms with Gasteiger partial charge in [-0.3, -0.25) is 4.79 Å². The van der Waals surface area contributed by atoms with Crippen LogP contribution in [0.25, 0.3) is 0 Å². The molecule has 1 rings (SSSR count). The van der Waals surface area contributed by atoms with Gasteiger partial charge in [-0.1, -0.05) is 20.3 Å². The number of nitrogens with one attached hydrogen (secondary N) is 2. The second-order valence-electron chi connectivity index (χ2n) is 2.23. The van der Waals surface area contributed by atoms with Crippen LogP contribution >= 0.6 is 0 Å². The lowest BCUT2D eigenvalue weighted by atomic mass is 10.4. The van der Waals surface area contributed by atoms with E-state index in [0.29, 0.717) is 6.54 Å². The van der Waals surface area contributed by atoms with Crippen molar-refractivity contribution in [3.05, 3.63) is 0 Å². The van der Waals surface area contributed by atoms with Gasteiger partial charge in [0.15, 0.2) is 0 Å². The van der Waals surface area contributed by atoms with Gasteiger partial charge in [-0.05, 0) is 0 Å². The third-order valence-electron chi connectivity index (χ3n) is 0.910. The maximum Gasteiger partial charge on any atom is 0.234 e. The average Bonchev–Trinajstić information content (AvgIpc) is 1.91. The third kappa shape index (κ3) is 5.56. The van der Waals surface area contributed by atoms with Crippen LogP contribution in [-0.4, -0.2) is 25.5 Å². The lowest BCUT2D eigenvalue weighted by molar-refractivity contribution is -0.121. The third-order valence-corrected chi connectivity index (χ3v) is 0.910. The molecule has 0 aromatic rings. The van der Waals surface area contributed by atoms with Crippen LogP contribution in [0.15, 0.2) is 0 Å². The van der Waals surface area contributed by atoms with Crippen molar-refractivity contribution in [3.63, 3.8) is 0 Å². The molecule has 0 aromatic heterocycles. The van der Waals surface area contributed by atoms with E-state index in [1.807, 2.05) is 0 Å². The van der Waals surface area contributed by atoms with Crippen molar-refractivity contribution in [2.75, 3.05) is 19.6 Å². The van der Waals surface area contributed by atoms with Gasteiger partial charge in [-0.25, -0.2) is 0 Å². The Labute approximate surface area is 62.2 Å². The van der Waals surface area contributed by atoms with Crippen LogP contribution in [0.5, 0.6) is 0 Å². The van der Waals surface area contributed by atoms with E-state index in [4.69, 9.17) is 0 Å². The van der Waals surface area contributed by atoms with Gasteiger partial charge in [0.2, 0.25) is 5.91 Å². The summed E-state index contributed by atoms with van der Waals surface area (Å²) >= 11 is 0. The Kier molecular flexibility index (Phi) is 6.18. The van der Waals surface area contributed by atoms with Gasteiger partial charge in [0.05, 0.1) is 6.54 Å². The molecule has 0 aliphatic carbocycles. The fourth-order valence-electron chi connectivity index (χ4n) is 0.555. The maximum atomic E-state index is 10.3. The van der Waals surface area contributed by atoms with E-state index < -0.39 is 0 Å². The monoisotopic (exact) mass is 144 g/mol. The largest absolute Gasteiger partial charge is 0.354 e. The summed E-state index contributed by atoms with van der Waals surface area (Å²) in [4.78, 5) is 10.3. The fraction of sp³-hybridized carbons (Fsp3) is 0.857. The Morgan fingerprint density at radius 2 is 2.00 bits per heavy atom. The van der Waals surface area contributed by atoms with E-state index in [1.54, 1.807) is 0 Å². The van der Waals surface area contributed by atoms with Crippen LogP contribution in [0.1, 0.15) is 20.3 Å². The average molecular weight is 144 g/mol. The van der Waals surface area contributed by atoms with Crippen LogP contribution in [0.3, 0.4) is 0 Å². The van der Waals surface area contributed by atoms with E-state index in [2.05, 4.69) is 24.5 Å². The highest BCUT2D eigenvalue weighted by Gasteiger charge is 2.02. The van der Waals surface area contributed by atoms with E-state index in [9.17, 15) is 4.79 Å². The zero-order valence-electron chi connectivity index (χ0n) is 6.74. The van der Waals surface area contributed by atoms with Gasteiger partial charge in [0, 0.05) is 13.1 Å². The number of carbonyl (C=O) groups is 1. The van der Waals surface area contributed by atoms with E-state index in [1.165, 1.54) is 6.42 Å². The summed E-state index contributed by atoms with van der Waals surface area (Å²) in [5.41, 5.74) is 0. The zero-order valence-corrected chi connectivity index (χ0v) is 6.74. The van der Waals surface area contributed by atoms with Crippen molar-refractivity contribution < 1.29 is 4.79 Å². The molecule has 1 heterocycles. The molecule has 1 aliphatic heterocycles. The van der Waals surface area contributed by atoms with E-state index in [0.717, 1.165) is 13.1 Å². The van der Waals surface area contributed by atoms with Crippen molar-refractivity contribution >= 4 is 5.91 Å². The van der Waals surface area contributed by atoms with Crippen LogP contribution in [-0.2, 0) is 4.79 Å². The minimum absolute atomic E-state index is 0.103. The molecule has 0 atom stereocenters. The molecule has 1 saturated heterocycles. The van der Waals surface area contributed by atoms with Crippen LogP contribution in [0, 0.1) is 0 Å². The molecular formula is C7H16N2O. The van der Waals surface area contributed by atoms with Crippen molar-refractivity contribution in [1.82, 2.24) is 10.6 Å². The molecule has 3 heteroatoms. The van der Waals surface area contributed by atoms with Crippen molar-refractivity contribution in [2.45, 2.75) is 20.3 Å². The highest BCUT2D eigenvalue weighted by atomic mass is 16.2. The second kappa shape index (κ2) is 6.55. The summed E-state index contributed by atoms with van der Waals surface area (Å²) in [7, 11) is 0. The summed E-state index contributed by atoms with van der Waals surface area (Å²) in [5, 5.41) is 5.60. The van der Waals surface area contributed by atoms with E-state index >= 15 is 0 Å². The number of piperazine rings is 1. The number of amides is 1. The van der Waals surface area contributed by atoms with Gasteiger partial charge in [-0.2, -0.15) is 0 Å². The number of hydrogen-bond donors (Lipinski definition) is 2. The smallest absolute Gasteiger partial charge is 0.234 e. The molecule has 1 fully saturated rings. The zero-order chi connectivity index (χ0) is 7.82. The van der Waals surface area contributed by atoms with Crippen molar-refractivity contribution in [1.29, 1.82) is 0 Å². The second-order valence-corrected chi connectivity index (χ2v) is 2.23. The highest BCUT2D eigenvalue weighted by Crippen LogP contribution is 1.69. The Morgan fingerprint density at radius 1 is 1.40 bits per heavy atom. The number of rotatable bonds is 0. The first-order chi connectivity index (χ1) is 4.81. The summed E-state index contributed by atoms with van der Waals surface area (Å²) in [6.45, 7) is 6.42. The van der Waals surface area contributed by atoms with Crippen LogP contribution in [0.4, 0.5) is 0 Å². The molecule has 0 spiro atoms.